The lowest BCUT2D eigenvalue weighted by molar-refractivity contribution is 0.0659. The van der Waals surface area contributed by atoms with E-state index in [2.05, 4.69) is 4.98 Å². The van der Waals surface area contributed by atoms with Crippen molar-refractivity contribution in [1.82, 2.24) is 13.9 Å². The predicted octanol–water partition coefficient (Wildman–Crippen LogP) is 3.28. The molecule has 0 fully saturated rings. The Hall–Kier alpha value is -2.75. The van der Waals surface area contributed by atoms with Gasteiger partial charge in [0.1, 0.15) is 23.0 Å². The lowest BCUT2D eigenvalue weighted by atomic mass is 10.1. The third kappa shape index (κ3) is 4.79. The van der Waals surface area contributed by atoms with Crippen molar-refractivity contribution in [1.29, 1.82) is 0 Å². The van der Waals surface area contributed by atoms with Crippen LogP contribution in [0.5, 0.6) is 5.75 Å². The van der Waals surface area contributed by atoms with Crippen molar-refractivity contribution in [2.45, 2.75) is 30.9 Å². The highest BCUT2D eigenvalue weighted by atomic mass is 32.2. The zero-order valence-electron chi connectivity index (χ0n) is 18.1. The van der Waals surface area contributed by atoms with Crippen LogP contribution in [0.25, 0.3) is 11.3 Å². The molecule has 7 nitrogen and oxygen atoms in total. The second-order valence-corrected chi connectivity index (χ2v) is 9.92. The van der Waals surface area contributed by atoms with E-state index in [-0.39, 0.29) is 22.7 Å². The van der Waals surface area contributed by atoms with E-state index in [1.807, 2.05) is 0 Å². The van der Waals surface area contributed by atoms with Gasteiger partial charge in [-0.2, -0.15) is 4.31 Å². The third-order valence-corrected chi connectivity index (χ3v) is 6.71. The Kier molecular flexibility index (Phi) is 6.22. The van der Waals surface area contributed by atoms with Crippen molar-refractivity contribution in [3.8, 4) is 17.0 Å². The summed E-state index contributed by atoms with van der Waals surface area (Å²) in [6.45, 7) is 3.29. The van der Waals surface area contributed by atoms with E-state index in [0.717, 1.165) is 11.6 Å². The van der Waals surface area contributed by atoms with Crippen molar-refractivity contribution in [2.24, 2.45) is 7.05 Å². The van der Waals surface area contributed by atoms with Crippen LogP contribution in [0.15, 0.2) is 53.6 Å². The molecule has 0 aliphatic rings. The molecule has 3 aromatic rings. The number of methoxy groups -OCH3 is 1. The standard InChI is InChI=1S/C22H26FN3O4S/c1-22(2,27)21-24-20(14-25(21)3)18-12-17(10-11-19(18)23)31(28,29)26(4)13-15-6-8-16(30-5)9-7-15/h6-12,14,27H,13H2,1-5H3. The predicted molar refractivity (Wildman–Crippen MR) is 115 cm³/mol. The number of halogens is 1. The average molecular weight is 448 g/mol. The average Bonchev–Trinajstić information content (AvgIpc) is 3.10. The van der Waals surface area contributed by atoms with Gasteiger partial charge < -0.3 is 14.4 Å². The van der Waals surface area contributed by atoms with E-state index < -0.39 is 21.4 Å². The molecule has 0 atom stereocenters. The van der Waals surface area contributed by atoms with Gasteiger partial charge >= 0.3 is 0 Å². The van der Waals surface area contributed by atoms with E-state index in [9.17, 15) is 17.9 Å². The van der Waals surface area contributed by atoms with Crippen LogP contribution in [-0.4, -0.2) is 41.5 Å². The van der Waals surface area contributed by atoms with Crippen molar-refractivity contribution < 1.29 is 22.7 Å². The van der Waals surface area contributed by atoms with E-state index in [4.69, 9.17) is 4.74 Å². The van der Waals surface area contributed by atoms with Crippen LogP contribution in [0.1, 0.15) is 25.2 Å². The smallest absolute Gasteiger partial charge is 0.243 e. The number of hydrogen-bond donors (Lipinski definition) is 1. The number of imidazole rings is 1. The Bertz CT molecular complexity index is 1180. The fourth-order valence-electron chi connectivity index (χ4n) is 3.28. The third-order valence-electron chi connectivity index (χ3n) is 4.91. The van der Waals surface area contributed by atoms with Crippen LogP contribution in [0.3, 0.4) is 0 Å². The Morgan fingerprint density at radius 3 is 2.39 bits per heavy atom. The summed E-state index contributed by atoms with van der Waals surface area (Å²) in [6, 6.07) is 10.7. The molecule has 0 spiro atoms. The molecule has 0 aliphatic carbocycles. The summed E-state index contributed by atoms with van der Waals surface area (Å²) in [4.78, 5) is 4.27. The number of ether oxygens (including phenoxy) is 1. The summed E-state index contributed by atoms with van der Waals surface area (Å²) in [7, 11) is 0.832. The molecule has 1 heterocycles. The number of rotatable bonds is 7. The molecule has 31 heavy (non-hydrogen) atoms. The first-order chi connectivity index (χ1) is 14.4. The number of aromatic nitrogens is 2. The van der Waals surface area contributed by atoms with E-state index in [1.54, 1.807) is 63.0 Å². The largest absolute Gasteiger partial charge is 0.497 e. The summed E-state index contributed by atoms with van der Waals surface area (Å²) in [5, 5.41) is 10.2. The first kappa shape index (κ1) is 22.9. The molecule has 0 saturated heterocycles. The Labute approximate surface area is 181 Å². The van der Waals surface area contributed by atoms with Gasteiger partial charge in [0.15, 0.2) is 0 Å². The highest BCUT2D eigenvalue weighted by Gasteiger charge is 2.26. The molecule has 2 aromatic carbocycles. The Morgan fingerprint density at radius 1 is 1.19 bits per heavy atom. The molecule has 0 saturated carbocycles. The minimum Gasteiger partial charge on any atom is -0.497 e. The number of hydrogen-bond acceptors (Lipinski definition) is 5. The number of nitrogens with zero attached hydrogens (tertiary/aromatic N) is 3. The molecule has 0 bridgehead atoms. The normalized spacial score (nSPS) is 12.4. The second-order valence-electron chi connectivity index (χ2n) is 7.87. The summed E-state index contributed by atoms with van der Waals surface area (Å²) >= 11 is 0. The fourth-order valence-corrected chi connectivity index (χ4v) is 4.46. The molecule has 1 aromatic heterocycles. The molecule has 0 unspecified atom stereocenters. The monoisotopic (exact) mass is 447 g/mol. The fraction of sp³-hybridized carbons (Fsp3) is 0.318. The number of aliphatic hydroxyl groups is 1. The van der Waals surface area contributed by atoms with Gasteiger partial charge in [0, 0.05) is 32.4 Å². The highest BCUT2D eigenvalue weighted by molar-refractivity contribution is 7.89. The van der Waals surface area contributed by atoms with Gasteiger partial charge in [-0.05, 0) is 49.7 Å². The van der Waals surface area contributed by atoms with Crippen LogP contribution >= 0.6 is 0 Å². The van der Waals surface area contributed by atoms with E-state index in [0.29, 0.717) is 11.6 Å². The summed E-state index contributed by atoms with van der Waals surface area (Å²) in [5.74, 6) is 0.419. The Balaban J connectivity index is 1.94. The summed E-state index contributed by atoms with van der Waals surface area (Å²) in [5.41, 5.74) is -0.156. The molecule has 166 valence electrons. The maximum absolute atomic E-state index is 14.6. The van der Waals surface area contributed by atoms with Gasteiger partial charge in [0.05, 0.1) is 17.7 Å². The van der Waals surface area contributed by atoms with Gasteiger partial charge in [-0.3, -0.25) is 0 Å². The maximum atomic E-state index is 14.6. The summed E-state index contributed by atoms with van der Waals surface area (Å²) in [6.07, 6.45) is 1.56. The Morgan fingerprint density at radius 2 is 1.84 bits per heavy atom. The molecule has 0 amide bonds. The first-order valence-electron chi connectivity index (χ1n) is 9.59. The van der Waals surface area contributed by atoms with Crippen molar-refractivity contribution in [3.05, 3.63) is 65.9 Å². The van der Waals surface area contributed by atoms with Crippen LogP contribution in [0.2, 0.25) is 0 Å². The summed E-state index contributed by atoms with van der Waals surface area (Å²) < 4.78 is 48.7. The van der Waals surface area contributed by atoms with E-state index >= 15 is 0 Å². The maximum Gasteiger partial charge on any atom is 0.243 e. The van der Waals surface area contributed by atoms with Crippen LogP contribution < -0.4 is 4.74 Å². The zero-order chi connectivity index (χ0) is 23.0. The number of aryl methyl sites for hydroxylation is 1. The van der Waals surface area contributed by atoms with Gasteiger partial charge in [-0.25, -0.2) is 17.8 Å². The zero-order valence-corrected chi connectivity index (χ0v) is 18.9. The van der Waals surface area contributed by atoms with Gasteiger partial charge in [-0.1, -0.05) is 12.1 Å². The molecule has 9 heteroatoms. The highest BCUT2D eigenvalue weighted by Crippen LogP contribution is 2.29. The van der Waals surface area contributed by atoms with Gasteiger partial charge in [-0.15, -0.1) is 0 Å². The molecule has 0 radical (unpaired) electrons. The van der Waals surface area contributed by atoms with Crippen molar-refractivity contribution in [2.75, 3.05) is 14.2 Å². The van der Waals surface area contributed by atoms with E-state index in [1.165, 1.54) is 23.5 Å². The quantitative estimate of drug-likeness (QED) is 0.601. The lowest BCUT2D eigenvalue weighted by Gasteiger charge is -2.18. The lowest BCUT2D eigenvalue weighted by Crippen LogP contribution is -2.26. The van der Waals surface area contributed by atoms with Crippen LogP contribution in [-0.2, 0) is 29.2 Å². The molecular formula is C22H26FN3O4S. The van der Waals surface area contributed by atoms with Crippen LogP contribution in [0.4, 0.5) is 4.39 Å². The minimum atomic E-state index is -3.88. The van der Waals surface area contributed by atoms with Crippen LogP contribution in [0, 0.1) is 5.82 Å². The first-order valence-corrected chi connectivity index (χ1v) is 11.0. The molecule has 1 N–H and O–H groups in total. The molecule has 0 aliphatic heterocycles. The topological polar surface area (TPSA) is 84.7 Å². The van der Waals surface area contributed by atoms with Gasteiger partial charge in [0.25, 0.3) is 0 Å². The van der Waals surface area contributed by atoms with Crippen molar-refractivity contribution >= 4 is 10.0 Å². The SMILES string of the molecule is COc1ccc(CN(C)S(=O)(=O)c2ccc(F)c(-c3cn(C)c(C(C)(C)O)n3)c2)cc1. The number of benzene rings is 2. The second kappa shape index (κ2) is 8.41. The minimum absolute atomic E-state index is 0.0460. The van der Waals surface area contributed by atoms with Crippen molar-refractivity contribution in [3.63, 3.8) is 0 Å². The molecular weight excluding hydrogens is 421 g/mol. The van der Waals surface area contributed by atoms with Gasteiger partial charge in [0.2, 0.25) is 10.0 Å². The number of sulfonamides is 1. The molecule has 3 rings (SSSR count).